The van der Waals surface area contributed by atoms with Gasteiger partial charge in [0, 0.05) is 49.6 Å². The number of rotatable bonds is 4. The second kappa shape index (κ2) is 8.70. The number of thiophene rings is 1. The first-order valence-corrected chi connectivity index (χ1v) is 12.5. The van der Waals surface area contributed by atoms with Crippen LogP contribution in [-0.2, 0) is 24.1 Å². The number of anilines is 1. The molecule has 32 heavy (non-hydrogen) atoms. The Morgan fingerprint density at radius 1 is 1.12 bits per heavy atom. The number of carbonyl (C=O) groups is 1. The van der Waals surface area contributed by atoms with Crippen molar-refractivity contribution in [3.8, 4) is 0 Å². The average Bonchev–Trinajstić information content (AvgIpc) is 3.18. The lowest BCUT2D eigenvalue weighted by molar-refractivity contribution is -0.131. The zero-order chi connectivity index (χ0) is 22.2. The molecule has 7 heteroatoms. The predicted octanol–water partition coefficient (Wildman–Crippen LogP) is 3.76. The molecule has 2 aromatic heterocycles. The zero-order valence-electron chi connectivity index (χ0n) is 18.9. The first-order valence-electron chi connectivity index (χ1n) is 11.6. The number of benzene rings is 1. The third kappa shape index (κ3) is 3.94. The maximum atomic E-state index is 12.8. The van der Waals surface area contributed by atoms with Crippen molar-refractivity contribution in [1.29, 1.82) is 0 Å². The monoisotopic (exact) mass is 450 g/mol. The summed E-state index contributed by atoms with van der Waals surface area (Å²) in [6.45, 7) is 7.45. The number of H-pyrrole nitrogens is 1. The number of aromatic nitrogens is 2. The van der Waals surface area contributed by atoms with Crippen molar-refractivity contribution in [3.05, 3.63) is 55.9 Å². The molecule has 168 valence electrons. The molecule has 1 fully saturated rings. The fraction of sp³-hybridized carbons (Fsp3) is 0.480. The van der Waals surface area contributed by atoms with Crippen molar-refractivity contribution in [3.63, 3.8) is 0 Å². The van der Waals surface area contributed by atoms with Gasteiger partial charge < -0.3 is 14.8 Å². The molecule has 0 atom stereocenters. The van der Waals surface area contributed by atoms with E-state index >= 15 is 0 Å². The molecule has 1 N–H and O–H groups in total. The maximum Gasteiger partial charge on any atom is 0.259 e. The number of piperazine rings is 1. The number of hydrogen-bond donors (Lipinski definition) is 1. The Balaban J connectivity index is 1.21. The number of aromatic amines is 1. The highest BCUT2D eigenvalue weighted by Crippen LogP contribution is 2.33. The topological polar surface area (TPSA) is 69.3 Å². The second-order valence-electron chi connectivity index (χ2n) is 8.99. The normalized spacial score (nSPS) is 16.4. The van der Waals surface area contributed by atoms with Gasteiger partial charge in [0.05, 0.1) is 5.39 Å². The summed E-state index contributed by atoms with van der Waals surface area (Å²) in [5, 5.41) is 0.780. The summed E-state index contributed by atoms with van der Waals surface area (Å²) in [5.41, 5.74) is 5.04. The summed E-state index contributed by atoms with van der Waals surface area (Å²) in [6.07, 6.45) is 5.22. The minimum absolute atomic E-state index is 0.0426. The molecule has 1 saturated heterocycles. The maximum absolute atomic E-state index is 12.8. The number of fused-ring (bicyclic) bond motifs is 3. The number of nitrogens with zero attached hydrogens (tertiary/aromatic N) is 3. The number of amides is 1. The van der Waals surface area contributed by atoms with Gasteiger partial charge >= 0.3 is 0 Å². The lowest BCUT2D eigenvalue weighted by Crippen LogP contribution is -2.49. The van der Waals surface area contributed by atoms with Crippen molar-refractivity contribution < 1.29 is 4.79 Å². The molecule has 0 radical (unpaired) electrons. The molecule has 1 aliphatic heterocycles. The van der Waals surface area contributed by atoms with Crippen LogP contribution in [0.3, 0.4) is 0 Å². The van der Waals surface area contributed by atoms with Crippen molar-refractivity contribution >= 4 is 33.1 Å². The zero-order valence-corrected chi connectivity index (χ0v) is 19.7. The SMILES string of the molecule is Cc1cccc(N2CCN(C(=O)CCc3nc4sc5c(c4c(=O)[nH]3)CCCC5)CC2)c1C. The van der Waals surface area contributed by atoms with Gasteiger partial charge in [-0.15, -0.1) is 11.3 Å². The van der Waals surface area contributed by atoms with E-state index in [0.717, 1.165) is 55.7 Å². The molecule has 0 unspecified atom stereocenters. The molecule has 0 spiro atoms. The second-order valence-corrected chi connectivity index (χ2v) is 10.1. The van der Waals surface area contributed by atoms with Gasteiger partial charge in [-0.3, -0.25) is 9.59 Å². The third-order valence-electron chi connectivity index (χ3n) is 7.00. The van der Waals surface area contributed by atoms with Crippen molar-refractivity contribution in [2.45, 2.75) is 52.4 Å². The lowest BCUT2D eigenvalue weighted by atomic mass is 9.97. The van der Waals surface area contributed by atoms with Gasteiger partial charge in [-0.25, -0.2) is 4.98 Å². The highest BCUT2D eigenvalue weighted by molar-refractivity contribution is 7.18. The molecule has 0 saturated carbocycles. The van der Waals surface area contributed by atoms with Crippen LogP contribution in [0.1, 0.15) is 46.7 Å². The predicted molar refractivity (Wildman–Crippen MR) is 130 cm³/mol. The van der Waals surface area contributed by atoms with Crippen LogP contribution in [0.25, 0.3) is 10.2 Å². The lowest BCUT2D eigenvalue weighted by Gasteiger charge is -2.37. The Kier molecular flexibility index (Phi) is 5.76. The van der Waals surface area contributed by atoms with Crippen LogP contribution in [0.2, 0.25) is 0 Å². The summed E-state index contributed by atoms with van der Waals surface area (Å²) in [7, 11) is 0. The van der Waals surface area contributed by atoms with Crippen LogP contribution in [0.4, 0.5) is 5.69 Å². The number of nitrogens with one attached hydrogen (secondary N) is 1. The van der Waals surface area contributed by atoms with Gasteiger partial charge in [0.1, 0.15) is 10.7 Å². The summed E-state index contributed by atoms with van der Waals surface area (Å²) in [4.78, 5) is 39.7. The van der Waals surface area contributed by atoms with Gasteiger partial charge in [-0.2, -0.15) is 0 Å². The fourth-order valence-corrected chi connectivity index (χ4v) is 6.27. The first kappa shape index (κ1) is 21.2. The van der Waals surface area contributed by atoms with E-state index in [1.54, 1.807) is 11.3 Å². The summed E-state index contributed by atoms with van der Waals surface area (Å²) >= 11 is 1.66. The molecule has 1 aliphatic carbocycles. The molecule has 1 aromatic carbocycles. The first-order chi connectivity index (χ1) is 15.5. The standard InChI is InChI=1S/C25H30N4O2S/c1-16-6-5-8-19(17(16)2)28-12-14-29(15-13-28)22(30)11-10-21-26-24(31)23-18-7-3-4-9-20(18)32-25(23)27-21/h5-6,8H,3-4,7,9-15H2,1-2H3,(H,26,27,31). The smallest absolute Gasteiger partial charge is 0.259 e. The molecular formula is C25H30N4O2S. The van der Waals surface area contributed by atoms with Gasteiger partial charge in [0.15, 0.2) is 0 Å². The van der Waals surface area contributed by atoms with E-state index in [9.17, 15) is 9.59 Å². The molecule has 0 bridgehead atoms. The Labute approximate surface area is 192 Å². The van der Waals surface area contributed by atoms with E-state index in [2.05, 4.69) is 41.9 Å². The fourth-order valence-electron chi connectivity index (χ4n) is 4.99. The number of hydrogen-bond acceptors (Lipinski definition) is 5. The summed E-state index contributed by atoms with van der Waals surface area (Å²) in [6, 6.07) is 6.41. The summed E-state index contributed by atoms with van der Waals surface area (Å²) < 4.78 is 0. The van der Waals surface area contributed by atoms with Crippen molar-refractivity contribution in [1.82, 2.24) is 14.9 Å². The van der Waals surface area contributed by atoms with Gasteiger partial charge in [0.2, 0.25) is 5.91 Å². The molecule has 2 aliphatic rings. The molecule has 6 nitrogen and oxygen atoms in total. The highest BCUT2D eigenvalue weighted by Gasteiger charge is 2.23. The molecule has 1 amide bonds. The van der Waals surface area contributed by atoms with Crippen LogP contribution in [-0.4, -0.2) is 47.0 Å². The third-order valence-corrected chi connectivity index (χ3v) is 8.18. The van der Waals surface area contributed by atoms with Gasteiger partial charge in [0.25, 0.3) is 5.56 Å². The van der Waals surface area contributed by atoms with Crippen LogP contribution in [0, 0.1) is 13.8 Å². The molecule has 3 heterocycles. The summed E-state index contributed by atoms with van der Waals surface area (Å²) in [5.74, 6) is 0.766. The largest absolute Gasteiger partial charge is 0.368 e. The van der Waals surface area contributed by atoms with E-state index in [1.165, 1.54) is 33.7 Å². The average molecular weight is 451 g/mol. The minimum Gasteiger partial charge on any atom is -0.368 e. The molecule has 3 aromatic rings. The van der Waals surface area contributed by atoms with E-state index in [-0.39, 0.29) is 11.5 Å². The highest BCUT2D eigenvalue weighted by atomic mass is 32.1. The van der Waals surface area contributed by atoms with Gasteiger partial charge in [-0.05, 0) is 62.3 Å². The van der Waals surface area contributed by atoms with E-state index in [4.69, 9.17) is 4.98 Å². The minimum atomic E-state index is -0.0426. The molecular weight excluding hydrogens is 420 g/mol. The Morgan fingerprint density at radius 3 is 2.72 bits per heavy atom. The van der Waals surface area contributed by atoms with Gasteiger partial charge in [-0.1, -0.05) is 12.1 Å². The number of carbonyl (C=O) groups excluding carboxylic acids is 1. The van der Waals surface area contributed by atoms with Crippen LogP contribution < -0.4 is 10.5 Å². The van der Waals surface area contributed by atoms with Crippen LogP contribution in [0.15, 0.2) is 23.0 Å². The Hall–Kier alpha value is -2.67. The molecule has 5 rings (SSSR count). The van der Waals surface area contributed by atoms with E-state index in [1.807, 2.05) is 4.90 Å². The Morgan fingerprint density at radius 2 is 1.91 bits per heavy atom. The van der Waals surface area contributed by atoms with Crippen LogP contribution >= 0.6 is 11.3 Å². The van der Waals surface area contributed by atoms with E-state index in [0.29, 0.717) is 18.7 Å². The quantitative estimate of drug-likeness (QED) is 0.657. The van der Waals surface area contributed by atoms with Crippen molar-refractivity contribution in [2.24, 2.45) is 0 Å². The van der Waals surface area contributed by atoms with E-state index < -0.39 is 0 Å². The van der Waals surface area contributed by atoms with Crippen molar-refractivity contribution in [2.75, 3.05) is 31.1 Å². The van der Waals surface area contributed by atoms with Crippen LogP contribution in [0.5, 0.6) is 0 Å². The number of aryl methyl sites for hydroxylation is 4. The Bertz CT molecular complexity index is 1220.